The van der Waals surface area contributed by atoms with Crippen LogP contribution < -0.4 is 14.8 Å². The van der Waals surface area contributed by atoms with Crippen molar-refractivity contribution in [2.45, 2.75) is 37.4 Å². The Labute approximate surface area is 171 Å². The van der Waals surface area contributed by atoms with Crippen LogP contribution in [0, 0.1) is 0 Å². The number of thiazole rings is 1. The van der Waals surface area contributed by atoms with Crippen molar-refractivity contribution in [3.63, 3.8) is 0 Å². The maximum atomic E-state index is 12.3. The minimum atomic E-state index is -0.339. The van der Waals surface area contributed by atoms with Gasteiger partial charge in [-0.1, -0.05) is 11.8 Å². The van der Waals surface area contributed by atoms with Gasteiger partial charge in [-0.2, -0.15) is 0 Å². The van der Waals surface area contributed by atoms with E-state index in [1.165, 1.54) is 23.1 Å². The number of carbonyl (C=O) groups excluding carboxylic acids is 1. The Hall–Kier alpha value is -2.59. The van der Waals surface area contributed by atoms with E-state index in [1.807, 2.05) is 48.1 Å². The zero-order valence-corrected chi connectivity index (χ0v) is 17.4. The molecule has 0 aliphatic rings. The number of thioether (sulfide) groups is 1. The molecule has 3 aromatic rings. The third-order valence-electron chi connectivity index (χ3n) is 3.85. The predicted molar refractivity (Wildman–Crippen MR) is 109 cm³/mol. The lowest BCUT2D eigenvalue weighted by Crippen LogP contribution is -2.22. The second-order valence-electron chi connectivity index (χ2n) is 5.69. The Morgan fingerprint density at radius 2 is 2.04 bits per heavy atom. The van der Waals surface area contributed by atoms with E-state index in [1.54, 1.807) is 13.3 Å². The number of methoxy groups -OCH3 is 1. The second kappa shape index (κ2) is 9.56. The van der Waals surface area contributed by atoms with Crippen LogP contribution >= 0.6 is 23.1 Å². The number of aromatic nitrogens is 4. The fourth-order valence-electron chi connectivity index (χ4n) is 2.35. The molecule has 3 rings (SSSR count). The first kappa shape index (κ1) is 20.2. The van der Waals surface area contributed by atoms with Gasteiger partial charge in [0.05, 0.1) is 12.4 Å². The van der Waals surface area contributed by atoms with E-state index in [0.717, 1.165) is 11.5 Å². The Bertz CT molecular complexity index is 897. The van der Waals surface area contributed by atoms with Gasteiger partial charge in [0.1, 0.15) is 18.1 Å². The van der Waals surface area contributed by atoms with Crippen molar-refractivity contribution < 1.29 is 14.3 Å². The zero-order chi connectivity index (χ0) is 19.9. The lowest BCUT2D eigenvalue weighted by Gasteiger charge is -2.12. The third-order valence-corrected chi connectivity index (χ3v) is 5.62. The van der Waals surface area contributed by atoms with Crippen molar-refractivity contribution in [3.8, 4) is 11.5 Å². The van der Waals surface area contributed by atoms with Crippen LogP contribution in [-0.4, -0.2) is 38.0 Å². The highest BCUT2D eigenvalue weighted by Crippen LogP contribution is 2.25. The van der Waals surface area contributed by atoms with Crippen LogP contribution in [0.25, 0.3) is 0 Å². The molecule has 148 valence electrons. The van der Waals surface area contributed by atoms with Crippen LogP contribution in [0.15, 0.2) is 41.0 Å². The van der Waals surface area contributed by atoms with E-state index >= 15 is 0 Å². The summed E-state index contributed by atoms with van der Waals surface area (Å²) in [6, 6.07) is 7.35. The molecule has 2 aromatic heterocycles. The molecule has 1 amide bonds. The smallest absolute Gasteiger partial charge is 0.239 e. The summed E-state index contributed by atoms with van der Waals surface area (Å²) in [5, 5.41) is 14.0. The third kappa shape index (κ3) is 5.02. The van der Waals surface area contributed by atoms with Gasteiger partial charge >= 0.3 is 0 Å². The van der Waals surface area contributed by atoms with Gasteiger partial charge in [-0.05, 0) is 38.1 Å². The van der Waals surface area contributed by atoms with E-state index in [9.17, 15) is 4.79 Å². The summed E-state index contributed by atoms with van der Waals surface area (Å²) in [6.07, 6.45) is 1.65. The van der Waals surface area contributed by atoms with Gasteiger partial charge in [0, 0.05) is 18.1 Å². The van der Waals surface area contributed by atoms with Crippen molar-refractivity contribution in [3.05, 3.63) is 41.7 Å². The quantitative estimate of drug-likeness (QED) is 0.531. The molecule has 28 heavy (non-hydrogen) atoms. The molecule has 0 aliphatic carbocycles. The van der Waals surface area contributed by atoms with Gasteiger partial charge < -0.3 is 19.4 Å². The van der Waals surface area contributed by atoms with Gasteiger partial charge in [0.2, 0.25) is 5.91 Å². The van der Waals surface area contributed by atoms with Crippen molar-refractivity contribution in [1.82, 2.24) is 19.7 Å². The molecule has 1 N–H and O–H groups in total. The molecular formula is C18H21N5O3S2. The molecule has 0 unspecified atom stereocenters. The van der Waals surface area contributed by atoms with Gasteiger partial charge in [-0.15, -0.1) is 21.5 Å². The highest BCUT2D eigenvalue weighted by Gasteiger charge is 2.20. The zero-order valence-electron chi connectivity index (χ0n) is 15.8. The monoisotopic (exact) mass is 419 g/mol. The highest BCUT2D eigenvalue weighted by molar-refractivity contribution is 8.00. The summed E-state index contributed by atoms with van der Waals surface area (Å²) in [6.45, 7) is 4.80. The average Bonchev–Trinajstić information content (AvgIpc) is 3.36. The van der Waals surface area contributed by atoms with Gasteiger partial charge in [0.25, 0.3) is 0 Å². The number of ether oxygens (including phenoxy) is 2. The molecule has 2 heterocycles. The van der Waals surface area contributed by atoms with Crippen molar-refractivity contribution in [2.24, 2.45) is 0 Å². The first-order chi connectivity index (χ1) is 13.6. The van der Waals surface area contributed by atoms with Crippen LogP contribution in [0.1, 0.15) is 19.7 Å². The molecule has 0 saturated carbocycles. The van der Waals surface area contributed by atoms with E-state index in [-0.39, 0.29) is 17.8 Å². The highest BCUT2D eigenvalue weighted by atomic mass is 32.2. The maximum absolute atomic E-state index is 12.3. The maximum Gasteiger partial charge on any atom is 0.239 e. The number of carbonyl (C=O) groups is 1. The van der Waals surface area contributed by atoms with Crippen molar-refractivity contribution in [1.29, 1.82) is 0 Å². The standard InChI is InChI=1S/C18H21N5O3S2/c1-4-23-15(11-26-14-7-5-13(25-3)6-8-14)21-22-18(23)28-12(2)16(24)20-17-19-9-10-27-17/h5-10,12H,4,11H2,1-3H3,(H,19,20,24)/t12-/m1/s1. The molecule has 0 spiro atoms. The fraction of sp³-hybridized carbons (Fsp3) is 0.333. The summed E-state index contributed by atoms with van der Waals surface area (Å²) < 4.78 is 12.9. The van der Waals surface area contributed by atoms with Crippen LogP contribution in [-0.2, 0) is 17.9 Å². The Morgan fingerprint density at radius 3 is 2.68 bits per heavy atom. The van der Waals surface area contributed by atoms with Crippen LogP contribution in [0.3, 0.4) is 0 Å². The van der Waals surface area contributed by atoms with Gasteiger partial charge in [-0.3, -0.25) is 4.79 Å². The lowest BCUT2D eigenvalue weighted by atomic mass is 10.3. The first-order valence-corrected chi connectivity index (χ1v) is 10.4. The Kier molecular flexibility index (Phi) is 6.88. The second-order valence-corrected chi connectivity index (χ2v) is 7.90. The molecule has 0 saturated heterocycles. The minimum absolute atomic E-state index is 0.123. The number of nitrogens with zero attached hydrogens (tertiary/aromatic N) is 4. The summed E-state index contributed by atoms with van der Waals surface area (Å²) in [5.41, 5.74) is 0. The van der Waals surface area contributed by atoms with Crippen molar-refractivity contribution >= 4 is 34.1 Å². The van der Waals surface area contributed by atoms with Gasteiger partial charge in [-0.25, -0.2) is 4.98 Å². The van der Waals surface area contributed by atoms with E-state index < -0.39 is 0 Å². The molecular weight excluding hydrogens is 398 g/mol. The number of rotatable bonds is 9. The van der Waals surface area contributed by atoms with E-state index in [4.69, 9.17) is 9.47 Å². The predicted octanol–water partition coefficient (Wildman–Crippen LogP) is 3.46. The number of nitrogens with one attached hydrogen (secondary N) is 1. The molecule has 1 aromatic carbocycles. The van der Waals surface area contributed by atoms with Crippen molar-refractivity contribution in [2.75, 3.05) is 12.4 Å². The molecule has 1 atom stereocenters. The Morgan fingerprint density at radius 1 is 1.29 bits per heavy atom. The van der Waals surface area contributed by atoms with Gasteiger partial charge in [0.15, 0.2) is 16.1 Å². The molecule has 0 bridgehead atoms. The summed E-state index contributed by atoms with van der Waals surface area (Å²) in [4.78, 5) is 16.4. The lowest BCUT2D eigenvalue weighted by molar-refractivity contribution is -0.115. The topological polar surface area (TPSA) is 91.2 Å². The molecule has 0 radical (unpaired) electrons. The summed E-state index contributed by atoms with van der Waals surface area (Å²) >= 11 is 2.74. The number of amides is 1. The summed E-state index contributed by atoms with van der Waals surface area (Å²) in [7, 11) is 1.62. The molecule has 8 nitrogen and oxygen atoms in total. The van der Waals surface area contributed by atoms with E-state index in [2.05, 4.69) is 20.5 Å². The fourth-order valence-corrected chi connectivity index (χ4v) is 3.82. The summed E-state index contributed by atoms with van der Waals surface area (Å²) in [5.74, 6) is 2.07. The molecule has 0 aliphatic heterocycles. The normalized spacial score (nSPS) is 11.8. The number of benzene rings is 1. The number of hydrogen-bond acceptors (Lipinski definition) is 8. The number of anilines is 1. The van der Waals surface area contributed by atoms with Crippen LogP contribution in [0.4, 0.5) is 5.13 Å². The molecule has 0 fully saturated rings. The largest absolute Gasteiger partial charge is 0.497 e. The Balaban J connectivity index is 1.61. The SMILES string of the molecule is CCn1c(COc2ccc(OC)cc2)nnc1S[C@H](C)C(=O)Nc1nccs1. The first-order valence-electron chi connectivity index (χ1n) is 8.66. The molecule has 10 heteroatoms. The minimum Gasteiger partial charge on any atom is -0.497 e. The van der Waals surface area contributed by atoms with Crippen LogP contribution in [0.5, 0.6) is 11.5 Å². The van der Waals surface area contributed by atoms with Crippen LogP contribution in [0.2, 0.25) is 0 Å². The average molecular weight is 420 g/mol. The van der Waals surface area contributed by atoms with E-state index in [0.29, 0.717) is 22.7 Å². The number of hydrogen-bond donors (Lipinski definition) is 1.